The molecule has 0 aliphatic carbocycles. The monoisotopic (exact) mass is 315 g/mol. The summed E-state index contributed by atoms with van der Waals surface area (Å²) in [5.41, 5.74) is 0.274. The van der Waals surface area contributed by atoms with Crippen LogP contribution in [0, 0.1) is 5.92 Å². The largest absolute Gasteiger partial charge is 0.451 e. The first kappa shape index (κ1) is 15.7. The average Bonchev–Trinajstić information content (AvgIpc) is 2.60. The number of likely N-dealkylation sites (tertiary alicyclic amines) is 1. The van der Waals surface area contributed by atoms with Crippen molar-refractivity contribution >= 4 is 16.9 Å². The van der Waals surface area contributed by atoms with Gasteiger partial charge in [-0.3, -0.25) is 9.59 Å². The lowest BCUT2D eigenvalue weighted by Crippen LogP contribution is -2.39. The van der Waals surface area contributed by atoms with Crippen LogP contribution in [0.25, 0.3) is 11.0 Å². The van der Waals surface area contributed by atoms with Crippen molar-refractivity contribution in [3.8, 4) is 0 Å². The highest BCUT2D eigenvalue weighted by Gasteiger charge is 2.25. The molecule has 0 saturated carbocycles. The van der Waals surface area contributed by atoms with Crippen LogP contribution in [-0.2, 0) is 4.74 Å². The van der Waals surface area contributed by atoms with Gasteiger partial charge >= 0.3 is 0 Å². The summed E-state index contributed by atoms with van der Waals surface area (Å²) in [6.45, 7) is 4.81. The Hall–Kier alpha value is -2.14. The van der Waals surface area contributed by atoms with Crippen LogP contribution in [0.15, 0.2) is 39.5 Å². The minimum absolute atomic E-state index is 0.122. The first-order valence-electron chi connectivity index (χ1n) is 8.09. The van der Waals surface area contributed by atoms with Crippen molar-refractivity contribution in [1.82, 2.24) is 4.90 Å². The lowest BCUT2D eigenvalue weighted by Gasteiger charge is -2.31. The number of fused-ring (bicyclic) bond motifs is 1. The Morgan fingerprint density at radius 1 is 1.30 bits per heavy atom. The number of ether oxygens (including phenoxy) is 1. The molecule has 0 unspecified atom stereocenters. The van der Waals surface area contributed by atoms with E-state index in [2.05, 4.69) is 0 Å². The summed E-state index contributed by atoms with van der Waals surface area (Å²) in [6, 6.07) is 8.29. The molecule has 1 aliphatic heterocycles. The molecule has 1 aromatic heterocycles. The summed E-state index contributed by atoms with van der Waals surface area (Å²) in [5.74, 6) is 0.419. The van der Waals surface area contributed by atoms with Crippen molar-refractivity contribution in [2.45, 2.75) is 19.8 Å². The van der Waals surface area contributed by atoms with E-state index in [1.165, 1.54) is 6.07 Å². The third-order valence-corrected chi connectivity index (χ3v) is 4.30. The van der Waals surface area contributed by atoms with Crippen LogP contribution in [0.5, 0.6) is 0 Å². The molecule has 1 aliphatic rings. The van der Waals surface area contributed by atoms with E-state index in [1.807, 2.05) is 6.92 Å². The van der Waals surface area contributed by atoms with E-state index in [1.54, 1.807) is 29.2 Å². The smallest absolute Gasteiger partial charge is 0.289 e. The van der Waals surface area contributed by atoms with E-state index in [0.29, 0.717) is 30.0 Å². The van der Waals surface area contributed by atoms with Gasteiger partial charge in [-0.15, -0.1) is 0 Å². The van der Waals surface area contributed by atoms with E-state index < -0.39 is 0 Å². The Kier molecular flexibility index (Phi) is 4.76. The van der Waals surface area contributed by atoms with Crippen LogP contribution in [0.2, 0.25) is 0 Å². The third-order valence-electron chi connectivity index (χ3n) is 4.30. The Morgan fingerprint density at radius 2 is 2.04 bits per heavy atom. The molecule has 1 amide bonds. The predicted octanol–water partition coefficient (Wildman–Crippen LogP) is 2.68. The lowest BCUT2D eigenvalue weighted by molar-refractivity contribution is 0.0528. The number of carbonyl (C=O) groups excluding carboxylic acids is 1. The zero-order valence-electron chi connectivity index (χ0n) is 13.3. The normalized spacial score (nSPS) is 16.0. The molecular weight excluding hydrogens is 294 g/mol. The number of hydrogen-bond acceptors (Lipinski definition) is 4. The fraction of sp³-hybridized carbons (Fsp3) is 0.444. The van der Waals surface area contributed by atoms with E-state index in [9.17, 15) is 9.59 Å². The quantitative estimate of drug-likeness (QED) is 0.870. The highest BCUT2D eigenvalue weighted by Crippen LogP contribution is 2.20. The molecule has 3 rings (SSSR count). The van der Waals surface area contributed by atoms with Gasteiger partial charge in [0, 0.05) is 32.4 Å². The van der Waals surface area contributed by atoms with Gasteiger partial charge in [-0.05, 0) is 37.8 Å². The number of rotatable bonds is 4. The minimum atomic E-state index is -0.206. The molecule has 0 spiro atoms. The van der Waals surface area contributed by atoms with Gasteiger partial charge in [-0.2, -0.15) is 0 Å². The van der Waals surface area contributed by atoms with Gasteiger partial charge in [-0.25, -0.2) is 0 Å². The minimum Gasteiger partial charge on any atom is -0.451 e. The van der Waals surface area contributed by atoms with E-state index >= 15 is 0 Å². The highest BCUT2D eigenvalue weighted by molar-refractivity contribution is 5.93. The summed E-state index contributed by atoms with van der Waals surface area (Å²) >= 11 is 0. The van der Waals surface area contributed by atoms with Crippen molar-refractivity contribution in [3.05, 3.63) is 46.3 Å². The molecule has 1 aromatic carbocycles. The van der Waals surface area contributed by atoms with Gasteiger partial charge in [0.15, 0.2) is 11.2 Å². The highest BCUT2D eigenvalue weighted by atomic mass is 16.5. The van der Waals surface area contributed by atoms with Crippen molar-refractivity contribution in [2.24, 2.45) is 5.92 Å². The molecule has 5 nitrogen and oxygen atoms in total. The molecule has 5 heteroatoms. The molecule has 0 bridgehead atoms. The Balaban J connectivity index is 1.73. The zero-order valence-corrected chi connectivity index (χ0v) is 13.3. The average molecular weight is 315 g/mol. The maximum atomic E-state index is 12.6. The van der Waals surface area contributed by atoms with E-state index in [4.69, 9.17) is 9.15 Å². The second kappa shape index (κ2) is 6.96. The SMILES string of the molecule is CCOCC1CCN(C(=O)c2cc(=O)c3ccccc3o2)CC1. The fourth-order valence-corrected chi connectivity index (χ4v) is 2.95. The van der Waals surface area contributed by atoms with Crippen LogP contribution < -0.4 is 5.43 Å². The molecule has 1 fully saturated rings. The number of benzene rings is 1. The van der Waals surface area contributed by atoms with E-state index in [0.717, 1.165) is 26.1 Å². The number of piperidine rings is 1. The first-order valence-corrected chi connectivity index (χ1v) is 8.09. The fourth-order valence-electron chi connectivity index (χ4n) is 2.95. The molecule has 23 heavy (non-hydrogen) atoms. The maximum Gasteiger partial charge on any atom is 0.289 e. The van der Waals surface area contributed by atoms with Gasteiger partial charge in [0.25, 0.3) is 5.91 Å². The topological polar surface area (TPSA) is 59.8 Å². The molecule has 2 heterocycles. The van der Waals surface area contributed by atoms with Crippen LogP contribution in [-0.4, -0.2) is 37.1 Å². The molecule has 0 radical (unpaired) electrons. The van der Waals surface area contributed by atoms with Gasteiger partial charge < -0.3 is 14.1 Å². The number of carbonyl (C=O) groups is 1. The van der Waals surface area contributed by atoms with Crippen molar-refractivity contribution in [2.75, 3.05) is 26.3 Å². The van der Waals surface area contributed by atoms with Crippen LogP contribution in [0.4, 0.5) is 0 Å². The Labute approximate surface area is 134 Å². The van der Waals surface area contributed by atoms with Gasteiger partial charge in [0.2, 0.25) is 0 Å². The van der Waals surface area contributed by atoms with E-state index in [-0.39, 0.29) is 17.1 Å². The number of para-hydroxylation sites is 1. The van der Waals surface area contributed by atoms with Crippen molar-refractivity contribution in [1.29, 1.82) is 0 Å². The van der Waals surface area contributed by atoms with Crippen molar-refractivity contribution in [3.63, 3.8) is 0 Å². The third kappa shape index (κ3) is 3.45. The molecular formula is C18H21NO4. The first-order chi connectivity index (χ1) is 11.2. The summed E-state index contributed by atoms with van der Waals surface area (Å²) in [6.07, 6.45) is 1.84. The maximum absolute atomic E-state index is 12.6. The Bertz CT molecular complexity index is 744. The van der Waals surface area contributed by atoms with Gasteiger partial charge in [0.1, 0.15) is 5.58 Å². The number of nitrogens with zero attached hydrogens (tertiary/aromatic N) is 1. The van der Waals surface area contributed by atoms with Gasteiger partial charge in [0.05, 0.1) is 5.39 Å². The van der Waals surface area contributed by atoms with Crippen molar-refractivity contribution < 1.29 is 13.9 Å². The summed E-state index contributed by atoms with van der Waals surface area (Å²) < 4.78 is 11.1. The van der Waals surface area contributed by atoms with Crippen LogP contribution in [0.1, 0.15) is 30.3 Å². The number of hydrogen-bond donors (Lipinski definition) is 0. The summed E-state index contributed by atoms with van der Waals surface area (Å²) in [5, 5.41) is 0.500. The standard InChI is InChI=1S/C18H21NO4/c1-2-22-12-13-7-9-19(10-8-13)18(21)17-11-15(20)14-5-3-4-6-16(14)23-17/h3-6,11,13H,2,7-10,12H2,1H3. The molecule has 0 atom stereocenters. The molecule has 122 valence electrons. The molecule has 2 aromatic rings. The Morgan fingerprint density at radius 3 is 2.78 bits per heavy atom. The lowest BCUT2D eigenvalue weighted by atomic mass is 9.97. The van der Waals surface area contributed by atoms with Gasteiger partial charge in [-0.1, -0.05) is 12.1 Å². The summed E-state index contributed by atoms with van der Waals surface area (Å²) in [7, 11) is 0. The zero-order chi connectivity index (χ0) is 16.2. The van der Waals surface area contributed by atoms with Crippen LogP contribution in [0.3, 0.4) is 0 Å². The number of amides is 1. The predicted molar refractivity (Wildman–Crippen MR) is 87.6 cm³/mol. The summed E-state index contributed by atoms with van der Waals surface area (Å²) in [4.78, 5) is 26.4. The van der Waals surface area contributed by atoms with Crippen LogP contribution >= 0.6 is 0 Å². The second-order valence-corrected chi connectivity index (χ2v) is 5.87. The second-order valence-electron chi connectivity index (χ2n) is 5.87. The molecule has 0 N–H and O–H groups in total. The molecule has 1 saturated heterocycles.